The minimum Gasteiger partial charge on any atom is -0.481 e. The first-order valence-corrected chi connectivity index (χ1v) is 5.44. The van der Waals surface area contributed by atoms with Gasteiger partial charge < -0.3 is 10.1 Å². The highest BCUT2D eigenvalue weighted by Crippen LogP contribution is 2.12. The SMILES string of the molecule is COc1ncccc1CNCCCCC#N. The standard InChI is InChI=1S/C12H17N3O/c1-16-12-11(6-5-9-15-12)10-14-8-4-2-3-7-13/h5-6,9,14H,2-4,8,10H2,1H3. The molecule has 0 aromatic carbocycles. The molecule has 86 valence electrons. The van der Waals surface area contributed by atoms with Crippen LogP contribution in [0, 0.1) is 11.3 Å². The maximum atomic E-state index is 8.37. The predicted molar refractivity (Wildman–Crippen MR) is 62.0 cm³/mol. The Labute approximate surface area is 96.3 Å². The highest BCUT2D eigenvalue weighted by atomic mass is 16.5. The third-order valence-corrected chi connectivity index (χ3v) is 2.25. The minimum absolute atomic E-state index is 0.637. The van der Waals surface area contributed by atoms with E-state index in [4.69, 9.17) is 10.00 Å². The van der Waals surface area contributed by atoms with Crippen LogP contribution in [0.1, 0.15) is 24.8 Å². The highest BCUT2D eigenvalue weighted by molar-refractivity contribution is 5.24. The zero-order valence-corrected chi connectivity index (χ0v) is 9.57. The summed E-state index contributed by atoms with van der Waals surface area (Å²) in [7, 11) is 1.62. The third-order valence-electron chi connectivity index (χ3n) is 2.25. The Morgan fingerprint density at radius 1 is 1.50 bits per heavy atom. The van der Waals surface area contributed by atoms with E-state index in [1.165, 1.54) is 0 Å². The van der Waals surface area contributed by atoms with Crippen LogP contribution in [-0.2, 0) is 6.54 Å². The second kappa shape index (κ2) is 7.66. The van der Waals surface area contributed by atoms with Crippen LogP contribution in [-0.4, -0.2) is 18.6 Å². The van der Waals surface area contributed by atoms with Crippen molar-refractivity contribution in [3.05, 3.63) is 23.9 Å². The number of aromatic nitrogens is 1. The quantitative estimate of drug-likeness (QED) is 0.711. The lowest BCUT2D eigenvalue weighted by Gasteiger charge is -2.07. The molecule has 0 spiro atoms. The number of hydrogen-bond acceptors (Lipinski definition) is 4. The van der Waals surface area contributed by atoms with Crippen LogP contribution in [0.5, 0.6) is 5.88 Å². The van der Waals surface area contributed by atoms with E-state index in [2.05, 4.69) is 16.4 Å². The number of rotatable bonds is 7. The monoisotopic (exact) mass is 219 g/mol. The first-order valence-electron chi connectivity index (χ1n) is 5.44. The Hall–Kier alpha value is -1.60. The van der Waals surface area contributed by atoms with Gasteiger partial charge in [0.2, 0.25) is 5.88 Å². The molecule has 0 aliphatic carbocycles. The van der Waals surface area contributed by atoms with Gasteiger partial charge in [-0.05, 0) is 25.5 Å². The van der Waals surface area contributed by atoms with Gasteiger partial charge in [0.1, 0.15) is 0 Å². The van der Waals surface area contributed by atoms with E-state index in [-0.39, 0.29) is 0 Å². The number of ether oxygens (including phenoxy) is 1. The fourth-order valence-electron chi connectivity index (χ4n) is 1.42. The van der Waals surface area contributed by atoms with Gasteiger partial charge in [-0.2, -0.15) is 5.26 Å². The van der Waals surface area contributed by atoms with Gasteiger partial charge in [0.15, 0.2) is 0 Å². The second-order valence-corrected chi connectivity index (χ2v) is 3.46. The van der Waals surface area contributed by atoms with Crippen molar-refractivity contribution >= 4 is 0 Å². The number of unbranched alkanes of at least 4 members (excludes halogenated alkanes) is 2. The molecule has 1 N–H and O–H groups in total. The summed E-state index contributed by atoms with van der Waals surface area (Å²) in [4.78, 5) is 4.12. The van der Waals surface area contributed by atoms with Gasteiger partial charge >= 0.3 is 0 Å². The van der Waals surface area contributed by atoms with Crippen LogP contribution in [0.2, 0.25) is 0 Å². The van der Waals surface area contributed by atoms with E-state index in [0.717, 1.165) is 31.5 Å². The Bertz CT molecular complexity index is 346. The molecule has 0 aliphatic heterocycles. The van der Waals surface area contributed by atoms with Crippen molar-refractivity contribution in [2.24, 2.45) is 0 Å². The van der Waals surface area contributed by atoms with E-state index in [1.807, 2.05) is 12.1 Å². The summed E-state index contributed by atoms with van der Waals surface area (Å²) in [6, 6.07) is 6.03. The second-order valence-electron chi connectivity index (χ2n) is 3.46. The van der Waals surface area contributed by atoms with Crippen molar-refractivity contribution in [3.8, 4) is 11.9 Å². The molecular weight excluding hydrogens is 202 g/mol. The van der Waals surface area contributed by atoms with E-state index in [0.29, 0.717) is 12.3 Å². The fraction of sp³-hybridized carbons (Fsp3) is 0.500. The average molecular weight is 219 g/mol. The molecule has 4 nitrogen and oxygen atoms in total. The van der Waals surface area contributed by atoms with E-state index >= 15 is 0 Å². The fourth-order valence-corrected chi connectivity index (χ4v) is 1.42. The number of nitrogens with one attached hydrogen (secondary N) is 1. The zero-order valence-electron chi connectivity index (χ0n) is 9.57. The number of methoxy groups -OCH3 is 1. The maximum absolute atomic E-state index is 8.37. The molecule has 1 aromatic rings. The van der Waals surface area contributed by atoms with Crippen LogP contribution in [0.25, 0.3) is 0 Å². The van der Waals surface area contributed by atoms with Gasteiger partial charge in [-0.25, -0.2) is 4.98 Å². The predicted octanol–water partition coefficient (Wildman–Crippen LogP) is 1.87. The summed E-state index contributed by atoms with van der Waals surface area (Å²) >= 11 is 0. The molecule has 0 atom stereocenters. The van der Waals surface area contributed by atoms with Gasteiger partial charge in [0.25, 0.3) is 0 Å². The molecule has 0 radical (unpaired) electrons. The van der Waals surface area contributed by atoms with Crippen LogP contribution in [0.3, 0.4) is 0 Å². The Morgan fingerprint density at radius 2 is 2.38 bits per heavy atom. The van der Waals surface area contributed by atoms with Crippen molar-refractivity contribution in [3.63, 3.8) is 0 Å². The van der Waals surface area contributed by atoms with Gasteiger partial charge in [0, 0.05) is 24.7 Å². The summed E-state index contributed by atoms with van der Waals surface area (Å²) in [5.41, 5.74) is 1.06. The molecule has 0 bridgehead atoms. The van der Waals surface area contributed by atoms with Crippen molar-refractivity contribution in [1.82, 2.24) is 10.3 Å². The van der Waals surface area contributed by atoms with Gasteiger partial charge in [-0.1, -0.05) is 6.07 Å². The summed E-state index contributed by atoms with van der Waals surface area (Å²) in [5.74, 6) is 0.673. The van der Waals surface area contributed by atoms with E-state index < -0.39 is 0 Å². The normalized spacial score (nSPS) is 9.75. The summed E-state index contributed by atoms with van der Waals surface area (Å²) in [6.07, 6.45) is 4.33. The third kappa shape index (κ3) is 4.28. The lowest BCUT2D eigenvalue weighted by molar-refractivity contribution is 0.390. The number of pyridine rings is 1. The van der Waals surface area contributed by atoms with E-state index in [9.17, 15) is 0 Å². The lowest BCUT2D eigenvalue weighted by atomic mass is 10.2. The van der Waals surface area contributed by atoms with Crippen molar-refractivity contribution in [2.75, 3.05) is 13.7 Å². The molecule has 1 aromatic heterocycles. The smallest absolute Gasteiger partial charge is 0.217 e. The molecule has 4 heteroatoms. The van der Waals surface area contributed by atoms with Gasteiger partial charge in [-0.3, -0.25) is 0 Å². The van der Waals surface area contributed by atoms with Crippen LogP contribution in [0.4, 0.5) is 0 Å². The molecule has 16 heavy (non-hydrogen) atoms. The molecule has 0 saturated carbocycles. The van der Waals surface area contributed by atoms with Crippen molar-refractivity contribution < 1.29 is 4.74 Å². The summed E-state index contributed by atoms with van der Waals surface area (Å²) < 4.78 is 5.15. The molecule has 0 amide bonds. The lowest BCUT2D eigenvalue weighted by Crippen LogP contribution is -2.15. The van der Waals surface area contributed by atoms with Crippen molar-refractivity contribution in [2.45, 2.75) is 25.8 Å². The number of nitriles is 1. The molecule has 0 saturated heterocycles. The van der Waals surface area contributed by atoms with Crippen LogP contribution in [0.15, 0.2) is 18.3 Å². The van der Waals surface area contributed by atoms with Crippen LogP contribution < -0.4 is 10.1 Å². The highest BCUT2D eigenvalue weighted by Gasteiger charge is 2.01. The molecule has 0 aliphatic rings. The summed E-state index contributed by atoms with van der Waals surface area (Å²) in [6.45, 7) is 1.67. The van der Waals surface area contributed by atoms with Gasteiger partial charge in [0.05, 0.1) is 13.2 Å². The molecule has 1 rings (SSSR count). The Balaban J connectivity index is 2.24. The first-order chi connectivity index (χ1) is 7.88. The largest absolute Gasteiger partial charge is 0.481 e. The number of hydrogen-bond donors (Lipinski definition) is 1. The maximum Gasteiger partial charge on any atom is 0.217 e. The molecule has 0 fully saturated rings. The van der Waals surface area contributed by atoms with Crippen LogP contribution >= 0.6 is 0 Å². The topological polar surface area (TPSA) is 57.9 Å². The molecule has 0 unspecified atom stereocenters. The zero-order chi connectivity index (χ0) is 11.6. The van der Waals surface area contributed by atoms with Gasteiger partial charge in [-0.15, -0.1) is 0 Å². The average Bonchev–Trinajstić information content (AvgIpc) is 2.34. The minimum atomic E-state index is 0.637. The first kappa shape index (κ1) is 12.5. The molecule has 1 heterocycles. The Kier molecular flexibility index (Phi) is 5.97. The van der Waals surface area contributed by atoms with Crippen molar-refractivity contribution in [1.29, 1.82) is 5.26 Å². The van der Waals surface area contributed by atoms with E-state index in [1.54, 1.807) is 13.3 Å². The number of nitrogens with zero attached hydrogens (tertiary/aromatic N) is 2. The summed E-state index contributed by atoms with van der Waals surface area (Å²) in [5, 5.41) is 11.7. The molecular formula is C12H17N3O. The Morgan fingerprint density at radius 3 is 3.12 bits per heavy atom.